The van der Waals surface area contributed by atoms with Gasteiger partial charge >= 0.3 is 0 Å². The maximum absolute atomic E-state index is 8.64. The van der Waals surface area contributed by atoms with Gasteiger partial charge in [0.25, 0.3) is 0 Å². The first-order valence-corrected chi connectivity index (χ1v) is 4.44. The van der Waals surface area contributed by atoms with E-state index < -0.39 is 0 Å². The lowest BCUT2D eigenvalue weighted by molar-refractivity contribution is 0.0919. The van der Waals surface area contributed by atoms with Crippen molar-refractivity contribution in [1.82, 2.24) is 0 Å². The van der Waals surface area contributed by atoms with E-state index in [0.717, 1.165) is 0 Å². The van der Waals surface area contributed by atoms with Crippen LogP contribution in [0.1, 0.15) is 23.5 Å². The Hall–Kier alpha value is -1.33. The summed E-state index contributed by atoms with van der Waals surface area (Å²) in [6.07, 6.45) is 0.553. The zero-order valence-electron chi connectivity index (χ0n) is 7.36. The smallest absolute Gasteiger partial charge is 0.0719 e. The molecule has 0 bridgehead atoms. The molecular weight excluding hydrogens is 162 g/mol. The molecule has 66 valence electrons. The first-order valence-electron chi connectivity index (χ1n) is 4.44. The van der Waals surface area contributed by atoms with Gasteiger partial charge in [0.1, 0.15) is 0 Å². The molecule has 1 aromatic rings. The third kappa shape index (κ3) is 1.56. The summed E-state index contributed by atoms with van der Waals surface area (Å²) in [7, 11) is 0. The van der Waals surface area contributed by atoms with Gasteiger partial charge in [-0.15, -0.1) is 0 Å². The van der Waals surface area contributed by atoms with Crippen molar-refractivity contribution in [3.8, 4) is 6.07 Å². The number of rotatable bonds is 1. The van der Waals surface area contributed by atoms with E-state index >= 15 is 0 Å². The van der Waals surface area contributed by atoms with Crippen LogP contribution in [-0.4, -0.2) is 6.61 Å². The van der Waals surface area contributed by atoms with Crippen molar-refractivity contribution in [2.24, 2.45) is 0 Å². The molecule has 0 saturated heterocycles. The Morgan fingerprint density at radius 2 is 2.31 bits per heavy atom. The van der Waals surface area contributed by atoms with Crippen molar-refractivity contribution in [1.29, 1.82) is 5.26 Å². The SMILES string of the molecule is N#CCC1COCc2ccccc21. The van der Waals surface area contributed by atoms with Crippen molar-refractivity contribution >= 4 is 0 Å². The summed E-state index contributed by atoms with van der Waals surface area (Å²) in [5, 5.41) is 8.64. The number of hydrogen-bond donors (Lipinski definition) is 0. The largest absolute Gasteiger partial charge is 0.376 e. The minimum Gasteiger partial charge on any atom is -0.376 e. The molecule has 0 amide bonds. The van der Waals surface area contributed by atoms with Crippen LogP contribution in [0.2, 0.25) is 0 Å². The molecule has 0 N–H and O–H groups in total. The monoisotopic (exact) mass is 173 g/mol. The molecule has 13 heavy (non-hydrogen) atoms. The Morgan fingerprint density at radius 3 is 3.15 bits per heavy atom. The number of nitriles is 1. The third-order valence-corrected chi connectivity index (χ3v) is 2.41. The van der Waals surface area contributed by atoms with Gasteiger partial charge in [0.2, 0.25) is 0 Å². The predicted molar refractivity (Wildman–Crippen MR) is 49.1 cm³/mol. The maximum atomic E-state index is 8.64. The molecular formula is C11H11NO. The van der Waals surface area contributed by atoms with Crippen molar-refractivity contribution in [2.45, 2.75) is 18.9 Å². The lowest BCUT2D eigenvalue weighted by Crippen LogP contribution is -2.15. The second-order valence-electron chi connectivity index (χ2n) is 3.27. The van der Waals surface area contributed by atoms with Crippen LogP contribution >= 0.6 is 0 Å². The standard InChI is InChI=1S/C11H11NO/c12-6-5-10-8-13-7-9-3-1-2-4-11(9)10/h1-4,10H,5,7-8H2. The Kier molecular flexibility index (Phi) is 2.29. The Labute approximate surface area is 77.8 Å². The van der Waals surface area contributed by atoms with Gasteiger partial charge in [0, 0.05) is 12.3 Å². The number of hydrogen-bond acceptors (Lipinski definition) is 2. The molecule has 0 aromatic heterocycles. The Bertz CT molecular complexity index is 340. The van der Waals surface area contributed by atoms with Crippen LogP contribution in [0, 0.1) is 11.3 Å². The summed E-state index contributed by atoms with van der Waals surface area (Å²) in [5.41, 5.74) is 2.52. The summed E-state index contributed by atoms with van der Waals surface area (Å²) >= 11 is 0. The van der Waals surface area contributed by atoms with Crippen LogP contribution in [0.4, 0.5) is 0 Å². The number of ether oxygens (including phenoxy) is 1. The highest BCUT2D eigenvalue weighted by Gasteiger charge is 2.19. The summed E-state index contributed by atoms with van der Waals surface area (Å²) in [6.45, 7) is 1.38. The average molecular weight is 173 g/mol. The fraction of sp³-hybridized carbons (Fsp3) is 0.364. The van der Waals surface area contributed by atoms with Crippen molar-refractivity contribution in [3.05, 3.63) is 35.4 Å². The molecule has 2 nitrogen and oxygen atoms in total. The molecule has 0 saturated carbocycles. The topological polar surface area (TPSA) is 33.0 Å². The summed E-state index contributed by atoms with van der Waals surface area (Å²) in [6, 6.07) is 10.4. The van der Waals surface area contributed by atoms with Gasteiger partial charge in [-0.05, 0) is 11.1 Å². The first kappa shape index (κ1) is 8.28. The fourth-order valence-electron chi connectivity index (χ4n) is 1.74. The van der Waals surface area contributed by atoms with Gasteiger partial charge in [0.15, 0.2) is 0 Å². The van der Waals surface area contributed by atoms with Crippen LogP contribution in [-0.2, 0) is 11.3 Å². The highest BCUT2D eigenvalue weighted by Crippen LogP contribution is 2.28. The van der Waals surface area contributed by atoms with E-state index in [0.29, 0.717) is 19.6 Å². The van der Waals surface area contributed by atoms with E-state index in [2.05, 4.69) is 18.2 Å². The second kappa shape index (κ2) is 3.59. The molecule has 2 heteroatoms. The minimum absolute atomic E-state index is 0.273. The first-order chi connectivity index (χ1) is 6.42. The summed E-state index contributed by atoms with van der Waals surface area (Å²) < 4.78 is 5.41. The highest BCUT2D eigenvalue weighted by molar-refractivity contribution is 5.32. The lowest BCUT2D eigenvalue weighted by atomic mass is 9.91. The van der Waals surface area contributed by atoms with Gasteiger partial charge in [-0.2, -0.15) is 5.26 Å². The Morgan fingerprint density at radius 1 is 1.46 bits per heavy atom. The van der Waals surface area contributed by atoms with E-state index in [1.807, 2.05) is 12.1 Å². The minimum atomic E-state index is 0.273. The lowest BCUT2D eigenvalue weighted by Gasteiger charge is -2.23. The second-order valence-corrected chi connectivity index (χ2v) is 3.27. The van der Waals surface area contributed by atoms with Crippen LogP contribution in [0.15, 0.2) is 24.3 Å². The molecule has 1 heterocycles. The molecule has 1 aromatic carbocycles. The molecule has 1 aliphatic heterocycles. The predicted octanol–water partition coefficient (Wildman–Crippen LogP) is 2.21. The van der Waals surface area contributed by atoms with E-state index in [1.54, 1.807) is 0 Å². The van der Waals surface area contributed by atoms with E-state index in [1.165, 1.54) is 11.1 Å². The van der Waals surface area contributed by atoms with Crippen LogP contribution < -0.4 is 0 Å². The number of nitrogens with zero attached hydrogens (tertiary/aromatic N) is 1. The molecule has 0 aliphatic carbocycles. The quantitative estimate of drug-likeness (QED) is 0.652. The van der Waals surface area contributed by atoms with Crippen LogP contribution in [0.25, 0.3) is 0 Å². The molecule has 0 radical (unpaired) electrons. The highest BCUT2D eigenvalue weighted by atomic mass is 16.5. The van der Waals surface area contributed by atoms with Gasteiger partial charge in [-0.25, -0.2) is 0 Å². The molecule has 1 unspecified atom stereocenters. The van der Waals surface area contributed by atoms with Gasteiger partial charge in [-0.3, -0.25) is 0 Å². The zero-order chi connectivity index (χ0) is 9.10. The number of fused-ring (bicyclic) bond motifs is 1. The van der Waals surface area contributed by atoms with Crippen molar-refractivity contribution in [3.63, 3.8) is 0 Å². The van der Waals surface area contributed by atoms with Crippen LogP contribution in [0.3, 0.4) is 0 Å². The van der Waals surface area contributed by atoms with Crippen LogP contribution in [0.5, 0.6) is 0 Å². The molecule has 1 aliphatic rings. The summed E-state index contributed by atoms with van der Waals surface area (Å²) in [5.74, 6) is 0.273. The van der Waals surface area contributed by atoms with E-state index in [-0.39, 0.29) is 5.92 Å². The fourth-order valence-corrected chi connectivity index (χ4v) is 1.74. The molecule has 0 spiro atoms. The number of benzene rings is 1. The molecule has 0 fully saturated rings. The Balaban J connectivity index is 2.32. The van der Waals surface area contributed by atoms with Crippen molar-refractivity contribution in [2.75, 3.05) is 6.61 Å². The van der Waals surface area contributed by atoms with Gasteiger partial charge < -0.3 is 4.74 Å². The maximum Gasteiger partial charge on any atom is 0.0719 e. The molecule has 2 rings (SSSR count). The summed E-state index contributed by atoms with van der Waals surface area (Å²) in [4.78, 5) is 0. The normalized spacial score (nSPS) is 20.4. The van der Waals surface area contributed by atoms with Gasteiger partial charge in [-0.1, -0.05) is 24.3 Å². The third-order valence-electron chi connectivity index (χ3n) is 2.41. The average Bonchev–Trinajstić information content (AvgIpc) is 2.19. The zero-order valence-corrected chi connectivity index (χ0v) is 7.36. The van der Waals surface area contributed by atoms with Gasteiger partial charge in [0.05, 0.1) is 19.3 Å². The van der Waals surface area contributed by atoms with E-state index in [9.17, 15) is 0 Å². The molecule has 1 atom stereocenters. The van der Waals surface area contributed by atoms with E-state index in [4.69, 9.17) is 10.00 Å². The van der Waals surface area contributed by atoms with Crippen molar-refractivity contribution < 1.29 is 4.74 Å².